The molecule has 2 aromatic carbocycles. The van der Waals surface area contributed by atoms with Crippen LogP contribution < -0.4 is 9.47 Å². The van der Waals surface area contributed by atoms with Gasteiger partial charge in [-0.15, -0.1) is 0 Å². The zero-order chi connectivity index (χ0) is 25.1. The largest absolute Gasteiger partial charge is 0.507 e. The van der Waals surface area contributed by atoms with Crippen molar-refractivity contribution in [2.75, 3.05) is 47.9 Å². The molecule has 1 N–H and O–H groups in total. The number of aromatic hydroxyl groups is 1. The molecule has 0 radical (unpaired) electrons. The van der Waals surface area contributed by atoms with Crippen LogP contribution in [0.5, 0.6) is 17.2 Å². The first-order valence-corrected chi connectivity index (χ1v) is 11.1. The van der Waals surface area contributed by atoms with Crippen LogP contribution in [0.15, 0.2) is 48.0 Å². The van der Waals surface area contributed by atoms with E-state index in [-0.39, 0.29) is 11.3 Å². The first kappa shape index (κ1) is 26.8. The zero-order valence-corrected chi connectivity index (χ0v) is 20.6. The van der Waals surface area contributed by atoms with Crippen LogP contribution in [0.2, 0.25) is 0 Å². The van der Waals surface area contributed by atoms with Gasteiger partial charge in [0.05, 0.1) is 19.8 Å². The number of phenolic OH excluding ortho intramolecular Hbond substituents is 1. The van der Waals surface area contributed by atoms with Gasteiger partial charge in [-0.05, 0) is 56.6 Å². The van der Waals surface area contributed by atoms with Crippen LogP contribution in [-0.2, 0) is 16.1 Å². The van der Waals surface area contributed by atoms with Crippen molar-refractivity contribution in [2.24, 2.45) is 0 Å². The Labute approximate surface area is 201 Å². The van der Waals surface area contributed by atoms with Crippen molar-refractivity contribution in [3.63, 3.8) is 0 Å². The number of phenols is 1. The van der Waals surface area contributed by atoms with E-state index in [0.717, 1.165) is 19.6 Å². The van der Waals surface area contributed by atoms with Gasteiger partial charge in [-0.1, -0.05) is 25.1 Å². The molecule has 7 heteroatoms. The summed E-state index contributed by atoms with van der Waals surface area (Å²) in [5, 5.41) is 10.7. The van der Waals surface area contributed by atoms with E-state index >= 15 is 0 Å². The molecule has 7 nitrogen and oxygen atoms in total. The molecule has 34 heavy (non-hydrogen) atoms. The zero-order valence-electron chi connectivity index (χ0n) is 20.6. The molecule has 0 atom stereocenters. The first-order valence-electron chi connectivity index (χ1n) is 11.1. The van der Waals surface area contributed by atoms with E-state index in [2.05, 4.69) is 16.7 Å². The highest BCUT2D eigenvalue weighted by Gasteiger charge is 2.21. The maximum atomic E-state index is 12.2. The molecule has 2 aromatic rings. The highest BCUT2D eigenvalue weighted by Crippen LogP contribution is 2.39. The average Bonchev–Trinajstić information content (AvgIpc) is 2.84. The second kappa shape index (κ2) is 13.3. The number of ether oxygens (including phenoxy) is 2. The Hall–Kier alpha value is -3.42. The molecule has 0 aromatic heterocycles. The Morgan fingerprint density at radius 2 is 1.76 bits per heavy atom. The quantitative estimate of drug-likeness (QED) is 0.274. The first-order chi connectivity index (χ1) is 16.4. The summed E-state index contributed by atoms with van der Waals surface area (Å²) in [6, 6.07) is 10.5. The fraction of sp³-hybridized carbons (Fsp3) is 0.333. The van der Waals surface area contributed by atoms with E-state index in [1.165, 1.54) is 13.2 Å². The summed E-state index contributed by atoms with van der Waals surface area (Å²) in [6.45, 7) is 4.96. The number of carbonyl (C=O) groups excluding carboxylic acids is 2. The topological polar surface area (TPSA) is 79.3 Å². The normalized spacial score (nSPS) is 12.2. The lowest BCUT2D eigenvalue weighted by Gasteiger charge is -2.25. The molecular weight excluding hydrogens is 432 g/mol. The number of carbonyl (C=O) groups is 2. The highest BCUT2D eigenvalue weighted by atomic mass is 16.5. The monoisotopic (exact) mass is 466 g/mol. The Morgan fingerprint density at radius 1 is 1.03 bits per heavy atom. The van der Waals surface area contributed by atoms with Gasteiger partial charge in [0.25, 0.3) is 0 Å². The Balaban J connectivity index is 2.60. The van der Waals surface area contributed by atoms with Gasteiger partial charge < -0.3 is 19.5 Å². The molecule has 0 heterocycles. The lowest BCUT2D eigenvalue weighted by molar-refractivity contribution is -0.104. The average molecular weight is 467 g/mol. The molecule has 0 fully saturated rings. The van der Waals surface area contributed by atoms with Crippen molar-refractivity contribution < 1.29 is 24.2 Å². The van der Waals surface area contributed by atoms with Crippen molar-refractivity contribution in [3.05, 3.63) is 64.7 Å². The Bertz CT molecular complexity index is 1040. The SMILES string of the molecule is CCN(CCN(C)C)Cc1c(O)ccc(C(=C\C=O)/C(C=O)=C/c2ccccc2OC)c1OC. The van der Waals surface area contributed by atoms with Gasteiger partial charge in [-0.3, -0.25) is 14.5 Å². The van der Waals surface area contributed by atoms with Gasteiger partial charge in [0.15, 0.2) is 6.29 Å². The second-order valence-corrected chi connectivity index (χ2v) is 7.99. The van der Waals surface area contributed by atoms with Gasteiger partial charge in [0.1, 0.15) is 23.5 Å². The van der Waals surface area contributed by atoms with E-state index in [9.17, 15) is 14.7 Å². The maximum absolute atomic E-state index is 12.2. The van der Waals surface area contributed by atoms with Gasteiger partial charge in [0, 0.05) is 36.3 Å². The van der Waals surface area contributed by atoms with Crippen molar-refractivity contribution in [3.8, 4) is 17.2 Å². The fourth-order valence-corrected chi connectivity index (χ4v) is 3.67. The smallest absolute Gasteiger partial charge is 0.150 e. The number of benzene rings is 2. The summed E-state index contributed by atoms with van der Waals surface area (Å²) in [5.74, 6) is 1.12. The molecule has 0 aliphatic heterocycles. The number of aldehydes is 2. The minimum absolute atomic E-state index is 0.0933. The van der Waals surface area contributed by atoms with Crippen LogP contribution in [0.25, 0.3) is 11.6 Å². The second-order valence-electron chi connectivity index (χ2n) is 7.99. The van der Waals surface area contributed by atoms with E-state index in [0.29, 0.717) is 52.9 Å². The lowest BCUT2D eigenvalue weighted by Crippen LogP contribution is -2.31. The molecule has 0 aliphatic rings. The highest BCUT2D eigenvalue weighted by molar-refractivity contribution is 6.07. The number of allylic oxidation sites excluding steroid dienone is 3. The van der Waals surface area contributed by atoms with E-state index in [1.807, 2.05) is 32.3 Å². The third kappa shape index (κ3) is 6.79. The number of methoxy groups -OCH3 is 2. The van der Waals surface area contributed by atoms with Crippen molar-refractivity contribution in [2.45, 2.75) is 13.5 Å². The molecule has 0 saturated heterocycles. The minimum Gasteiger partial charge on any atom is -0.507 e. The van der Waals surface area contributed by atoms with Crippen molar-refractivity contribution in [1.82, 2.24) is 9.80 Å². The molecule has 0 bridgehead atoms. The van der Waals surface area contributed by atoms with Crippen molar-refractivity contribution >= 4 is 24.2 Å². The molecule has 2 rings (SSSR count). The number of rotatable bonds is 13. The van der Waals surface area contributed by atoms with E-state index in [4.69, 9.17) is 9.47 Å². The molecule has 0 unspecified atom stereocenters. The van der Waals surface area contributed by atoms with Gasteiger partial charge in [-0.25, -0.2) is 0 Å². The fourth-order valence-electron chi connectivity index (χ4n) is 3.67. The predicted molar refractivity (Wildman–Crippen MR) is 135 cm³/mol. The molecule has 182 valence electrons. The van der Waals surface area contributed by atoms with Crippen LogP contribution in [0, 0.1) is 0 Å². The van der Waals surface area contributed by atoms with Crippen LogP contribution >= 0.6 is 0 Å². The van der Waals surface area contributed by atoms with Crippen LogP contribution in [0.3, 0.4) is 0 Å². The Morgan fingerprint density at radius 3 is 2.35 bits per heavy atom. The van der Waals surface area contributed by atoms with E-state index < -0.39 is 0 Å². The Kier molecular flexibility index (Phi) is 10.5. The van der Waals surface area contributed by atoms with Crippen LogP contribution in [0.1, 0.15) is 23.6 Å². The van der Waals surface area contributed by atoms with E-state index in [1.54, 1.807) is 31.4 Å². The summed E-state index contributed by atoms with van der Waals surface area (Å²) in [5.41, 5.74) is 2.51. The van der Waals surface area contributed by atoms with Gasteiger partial charge >= 0.3 is 0 Å². The standard InChI is InChI=1S/C27H34N2O5/c1-6-29(15-14-28(2)3)18-24-25(32)12-11-23(27(24)34-5)22(13-16-30)21(19-31)17-20-9-7-8-10-26(20)33-4/h7-13,16-17,19,32H,6,14-15,18H2,1-5H3/b21-17+,22-13-. The summed E-state index contributed by atoms with van der Waals surface area (Å²) < 4.78 is 11.1. The van der Waals surface area contributed by atoms with Crippen LogP contribution in [-0.4, -0.2) is 75.4 Å². The molecule has 0 aliphatic carbocycles. The van der Waals surface area contributed by atoms with Crippen molar-refractivity contribution in [1.29, 1.82) is 0 Å². The third-order valence-electron chi connectivity index (χ3n) is 5.55. The number of para-hydroxylation sites is 1. The molecule has 0 spiro atoms. The molecule has 0 amide bonds. The van der Waals surface area contributed by atoms with Gasteiger partial charge in [0.2, 0.25) is 0 Å². The summed E-state index contributed by atoms with van der Waals surface area (Å²) >= 11 is 0. The minimum atomic E-state index is 0.0933. The number of nitrogens with zero attached hydrogens (tertiary/aromatic N) is 2. The van der Waals surface area contributed by atoms with Gasteiger partial charge in [-0.2, -0.15) is 0 Å². The molecular formula is C27H34N2O5. The summed E-state index contributed by atoms with van der Waals surface area (Å²) in [6.07, 6.45) is 4.33. The number of hydrogen-bond donors (Lipinski definition) is 1. The molecule has 0 saturated carbocycles. The predicted octanol–water partition coefficient (Wildman–Crippen LogP) is 3.66. The summed E-state index contributed by atoms with van der Waals surface area (Å²) in [7, 11) is 7.09. The van der Waals surface area contributed by atoms with Crippen LogP contribution in [0.4, 0.5) is 0 Å². The third-order valence-corrected chi connectivity index (χ3v) is 5.55. The summed E-state index contributed by atoms with van der Waals surface area (Å²) in [4.78, 5) is 28.0. The number of likely N-dealkylation sites (N-methyl/N-ethyl adjacent to an activating group) is 2. The number of hydrogen-bond acceptors (Lipinski definition) is 7. The maximum Gasteiger partial charge on any atom is 0.150 e. The lowest BCUT2D eigenvalue weighted by atomic mass is 9.93.